The summed E-state index contributed by atoms with van der Waals surface area (Å²) in [5, 5.41) is 2.98. The highest BCUT2D eigenvalue weighted by molar-refractivity contribution is 6.31. The Morgan fingerprint density at radius 2 is 2.25 bits per heavy atom. The molecule has 0 bridgehead atoms. The van der Waals surface area contributed by atoms with E-state index in [0.29, 0.717) is 17.9 Å². The summed E-state index contributed by atoms with van der Waals surface area (Å²) in [6.45, 7) is 0.443. The zero-order valence-electron chi connectivity index (χ0n) is 8.34. The maximum atomic E-state index is 13.2. The van der Waals surface area contributed by atoms with Gasteiger partial charge in [-0.3, -0.25) is 0 Å². The minimum atomic E-state index is -0.502. The highest BCUT2D eigenvalue weighted by Gasteiger charge is 2.06. The third-order valence-corrected chi connectivity index (χ3v) is 2.42. The van der Waals surface area contributed by atoms with Crippen molar-refractivity contribution in [2.45, 2.75) is 6.54 Å². The Labute approximate surface area is 97.0 Å². The zero-order valence-corrected chi connectivity index (χ0v) is 9.09. The maximum absolute atomic E-state index is 13.2. The number of benzene rings is 1. The highest BCUT2D eigenvalue weighted by Crippen LogP contribution is 2.26. The first kappa shape index (κ1) is 10.8. The Morgan fingerprint density at radius 1 is 1.44 bits per heavy atom. The molecule has 16 heavy (non-hydrogen) atoms. The van der Waals surface area contributed by atoms with Crippen LogP contribution >= 0.6 is 11.6 Å². The van der Waals surface area contributed by atoms with Crippen LogP contribution in [0.1, 0.15) is 5.76 Å². The van der Waals surface area contributed by atoms with E-state index in [1.807, 2.05) is 6.07 Å². The van der Waals surface area contributed by atoms with Gasteiger partial charge in [0.15, 0.2) is 0 Å². The van der Waals surface area contributed by atoms with Crippen molar-refractivity contribution in [1.29, 1.82) is 0 Å². The van der Waals surface area contributed by atoms with Crippen molar-refractivity contribution in [3.05, 3.63) is 47.1 Å². The van der Waals surface area contributed by atoms with Crippen LogP contribution in [0.4, 0.5) is 15.8 Å². The van der Waals surface area contributed by atoms with Crippen LogP contribution in [0.15, 0.2) is 34.9 Å². The highest BCUT2D eigenvalue weighted by atomic mass is 35.5. The molecule has 0 unspecified atom stereocenters. The fourth-order valence-electron chi connectivity index (χ4n) is 1.31. The van der Waals surface area contributed by atoms with Crippen molar-refractivity contribution in [1.82, 2.24) is 0 Å². The molecule has 0 radical (unpaired) electrons. The number of anilines is 2. The number of rotatable bonds is 3. The van der Waals surface area contributed by atoms with Gasteiger partial charge in [0.25, 0.3) is 0 Å². The Kier molecular flexibility index (Phi) is 3.01. The summed E-state index contributed by atoms with van der Waals surface area (Å²) >= 11 is 5.58. The molecule has 0 aliphatic rings. The molecule has 1 aromatic heterocycles. The van der Waals surface area contributed by atoms with Crippen LogP contribution in [0, 0.1) is 5.82 Å². The van der Waals surface area contributed by atoms with Gasteiger partial charge in [0.2, 0.25) is 0 Å². The first-order chi connectivity index (χ1) is 7.66. The van der Waals surface area contributed by atoms with Crippen LogP contribution in [-0.2, 0) is 6.54 Å². The lowest BCUT2D eigenvalue weighted by molar-refractivity contribution is 0.518. The van der Waals surface area contributed by atoms with Crippen molar-refractivity contribution in [2.75, 3.05) is 11.1 Å². The number of hydrogen-bond donors (Lipinski definition) is 2. The molecule has 2 aromatic rings. The monoisotopic (exact) mass is 240 g/mol. The summed E-state index contributed by atoms with van der Waals surface area (Å²) < 4.78 is 18.3. The lowest BCUT2D eigenvalue weighted by Gasteiger charge is -2.08. The van der Waals surface area contributed by atoms with E-state index in [9.17, 15) is 4.39 Å². The molecule has 0 aliphatic carbocycles. The van der Waals surface area contributed by atoms with E-state index in [0.717, 1.165) is 5.76 Å². The van der Waals surface area contributed by atoms with Gasteiger partial charge in [-0.15, -0.1) is 0 Å². The second-order valence-electron chi connectivity index (χ2n) is 3.29. The lowest BCUT2D eigenvalue weighted by Crippen LogP contribution is -2.02. The molecule has 0 aliphatic heterocycles. The van der Waals surface area contributed by atoms with E-state index >= 15 is 0 Å². The van der Waals surface area contributed by atoms with Gasteiger partial charge < -0.3 is 15.5 Å². The number of nitrogens with one attached hydrogen (secondary N) is 1. The van der Waals surface area contributed by atoms with Gasteiger partial charge in [0, 0.05) is 6.07 Å². The van der Waals surface area contributed by atoms with Crippen molar-refractivity contribution < 1.29 is 8.81 Å². The fraction of sp³-hybridized carbons (Fsp3) is 0.0909. The van der Waals surface area contributed by atoms with Crippen LogP contribution < -0.4 is 11.1 Å². The zero-order chi connectivity index (χ0) is 11.5. The van der Waals surface area contributed by atoms with Crippen LogP contribution in [0.2, 0.25) is 5.02 Å². The van der Waals surface area contributed by atoms with E-state index in [1.165, 1.54) is 12.1 Å². The molecule has 3 N–H and O–H groups in total. The van der Waals surface area contributed by atoms with Gasteiger partial charge in [-0.25, -0.2) is 4.39 Å². The van der Waals surface area contributed by atoms with Gasteiger partial charge in [-0.1, -0.05) is 11.6 Å². The molecule has 3 nitrogen and oxygen atoms in total. The van der Waals surface area contributed by atoms with Crippen molar-refractivity contribution in [2.24, 2.45) is 0 Å². The summed E-state index contributed by atoms with van der Waals surface area (Å²) in [6.07, 6.45) is 1.57. The molecule has 0 amide bonds. The largest absolute Gasteiger partial charge is 0.467 e. The molecule has 0 atom stereocenters. The third-order valence-electron chi connectivity index (χ3n) is 2.13. The molecule has 5 heteroatoms. The maximum Gasteiger partial charge on any atom is 0.143 e. The lowest BCUT2D eigenvalue weighted by atomic mass is 10.2. The first-order valence-electron chi connectivity index (χ1n) is 4.67. The Balaban J connectivity index is 2.12. The van der Waals surface area contributed by atoms with Gasteiger partial charge in [-0.2, -0.15) is 0 Å². The fourth-order valence-corrected chi connectivity index (χ4v) is 1.48. The molecule has 2 rings (SSSR count). The smallest absolute Gasteiger partial charge is 0.143 e. The quantitative estimate of drug-likeness (QED) is 0.810. The Bertz CT molecular complexity index is 485. The molecule has 84 valence electrons. The Hall–Kier alpha value is -1.68. The molecule has 1 heterocycles. The normalized spacial score (nSPS) is 10.4. The van der Waals surface area contributed by atoms with Gasteiger partial charge in [0.05, 0.1) is 29.2 Å². The number of nitrogens with two attached hydrogens (primary N) is 1. The summed E-state index contributed by atoms with van der Waals surface area (Å²) in [7, 11) is 0. The van der Waals surface area contributed by atoms with Crippen molar-refractivity contribution in [3.8, 4) is 0 Å². The predicted octanol–water partition coefficient (Wildman–Crippen LogP) is 3.27. The summed E-state index contributed by atoms with van der Waals surface area (Å²) in [5.74, 6) is 0.243. The second kappa shape index (κ2) is 4.45. The van der Waals surface area contributed by atoms with E-state index in [4.69, 9.17) is 21.8 Å². The molecular formula is C11H10ClFN2O. The summed E-state index contributed by atoms with van der Waals surface area (Å²) in [6, 6.07) is 6.24. The SMILES string of the molecule is Nc1cc(Cl)c(F)cc1NCc1ccco1. The van der Waals surface area contributed by atoms with Crippen LogP contribution in [-0.4, -0.2) is 0 Å². The van der Waals surface area contributed by atoms with Gasteiger partial charge in [0.1, 0.15) is 11.6 Å². The van der Waals surface area contributed by atoms with E-state index in [2.05, 4.69) is 5.32 Å². The van der Waals surface area contributed by atoms with Crippen molar-refractivity contribution in [3.63, 3.8) is 0 Å². The van der Waals surface area contributed by atoms with E-state index in [1.54, 1.807) is 12.3 Å². The van der Waals surface area contributed by atoms with Crippen LogP contribution in [0.3, 0.4) is 0 Å². The number of furan rings is 1. The standard InChI is InChI=1S/C11H10ClFN2O/c12-8-4-10(14)11(5-9(8)13)15-6-7-2-1-3-16-7/h1-5,15H,6,14H2. The Morgan fingerprint density at radius 3 is 2.94 bits per heavy atom. The number of halogens is 2. The minimum absolute atomic E-state index is 0.0149. The van der Waals surface area contributed by atoms with Crippen LogP contribution in [0.25, 0.3) is 0 Å². The van der Waals surface area contributed by atoms with Crippen LogP contribution in [0.5, 0.6) is 0 Å². The molecule has 0 fully saturated rings. The second-order valence-corrected chi connectivity index (χ2v) is 3.69. The van der Waals surface area contributed by atoms with Crippen molar-refractivity contribution >= 4 is 23.0 Å². The first-order valence-corrected chi connectivity index (χ1v) is 5.05. The molecule has 0 saturated heterocycles. The minimum Gasteiger partial charge on any atom is -0.467 e. The average Bonchev–Trinajstić information content (AvgIpc) is 2.74. The van der Waals surface area contributed by atoms with Gasteiger partial charge >= 0.3 is 0 Å². The van der Waals surface area contributed by atoms with E-state index in [-0.39, 0.29) is 5.02 Å². The molecular weight excluding hydrogens is 231 g/mol. The molecule has 1 aromatic carbocycles. The third kappa shape index (κ3) is 2.28. The number of nitrogen functional groups attached to an aromatic ring is 1. The summed E-state index contributed by atoms with van der Waals surface area (Å²) in [5.41, 5.74) is 6.58. The number of hydrogen-bond acceptors (Lipinski definition) is 3. The predicted molar refractivity (Wildman–Crippen MR) is 61.9 cm³/mol. The summed E-state index contributed by atoms with van der Waals surface area (Å²) in [4.78, 5) is 0. The molecule has 0 saturated carbocycles. The average molecular weight is 241 g/mol. The topological polar surface area (TPSA) is 51.2 Å². The van der Waals surface area contributed by atoms with E-state index < -0.39 is 5.82 Å². The van der Waals surface area contributed by atoms with Gasteiger partial charge in [-0.05, 0) is 18.2 Å². The molecule has 0 spiro atoms.